The van der Waals surface area contributed by atoms with Crippen LogP contribution < -0.4 is 5.32 Å². The van der Waals surface area contributed by atoms with Crippen LogP contribution in [0.4, 0.5) is 0 Å². The van der Waals surface area contributed by atoms with E-state index in [1.807, 2.05) is 33.4 Å². The Morgan fingerprint density at radius 2 is 2.29 bits per heavy atom. The monoisotopic (exact) mass is 98.1 g/mol. The summed E-state index contributed by atoms with van der Waals surface area (Å²) in [4.78, 5) is 0. The average molecular weight is 98.2 g/mol. The van der Waals surface area contributed by atoms with Gasteiger partial charge in [-0.15, -0.1) is 12.6 Å². The number of hydrogen-bond donors (Lipinski definition) is 1. The molecule has 0 bridgehead atoms. The lowest BCUT2D eigenvalue weighted by atomic mass is 10.4. The lowest BCUT2D eigenvalue weighted by molar-refractivity contribution is 0.986. The molecule has 0 spiro atoms. The van der Waals surface area contributed by atoms with Gasteiger partial charge in [-0.3, -0.25) is 0 Å². The van der Waals surface area contributed by atoms with Gasteiger partial charge in [0, 0.05) is 0 Å². The molecule has 0 aliphatic rings. The van der Waals surface area contributed by atoms with Crippen LogP contribution in [0, 0.1) is 6.42 Å². The maximum Gasteiger partial charge on any atom is -0.0138 e. The van der Waals surface area contributed by atoms with E-state index < -0.39 is 0 Å². The van der Waals surface area contributed by atoms with Gasteiger partial charge in [-0.1, -0.05) is 6.92 Å². The number of nitrogens with one attached hydrogen (secondary N) is 1. The maximum atomic E-state index is 3.00. The van der Waals surface area contributed by atoms with Gasteiger partial charge in [0.1, 0.15) is 0 Å². The molecule has 0 aromatic rings. The number of allylic oxidation sites excluding steroid dienone is 2. The molecule has 1 N–H and O–H groups in total. The second-order valence-corrected chi connectivity index (χ2v) is 1.43. The predicted octanol–water partition coefficient (Wildman–Crippen LogP) is 1.33. The third-order valence-electron chi connectivity index (χ3n) is 0.811. The van der Waals surface area contributed by atoms with Gasteiger partial charge < -0.3 is 5.32 Å². The zero-order valence-corrected chi connectivity index (χ0v) is 5.15. The lowest BCUT2D eigenvalue weighted by Crippen LogP contribution is -2.00. The quantitative estimate of drug-likeness (QED) is 0.514. The molecule has 0 atom stereocenters. The summed E-state index contributed by atoms with van der Waals surface area (Å²) in [5, 5.41) is 3.00. The Balaban J connectivity index is 3.29. The van der Waals surface area contributed by atoms with Crippen LogP contribution in [0.25, 0.3) is 0 Å². The van der Waals surface area contributed by atoms with Gasteiger partial charge in [0.2, 0.25) is 0 Å². The van der Waals surface area contributed by atoms with E-state index in [0.717, 1.165) is 0 Å². The van der Waals surface area contributed by atoms with Crippen molar-refractivity contribution in [3.8, 4) is 0 Å². The van der Waals surface area contributed by atoms with Crippen molar-refractivity contribution in [2.24, 2.45) is 0 Å². The Bertz CT molecular complexity index is 64.6. The fraction of sp³-hybridized carbons (Fsp3) is 0.500. The van der Waals surface area contributed by atoms with Crippen molar-refractivity contribution in [2.75, 3.05) is 7.05 Å². The molecule has 0 fully saturated rings. The first-order valence-corrected chi connectivity index (χ1v) is 2.45. The van der Waals surface area contributed by atoms with Crippen LogP contribution in [0.5, 0.6) is 0 Å². The van der Waals surface area contributed by atoms with Gasteiger partial charge >= 0.3 is 0 Å². The molecule has 0 saturated heterocycles. The van der Waals surface area contributed by atoms with Gasteiger partial charge in [0.25, 0.3) is 0 Å². The molecule has 0 aromatic carbocycles. The minimum absolute atomic E-state index is 1.20. The third kappa shape index (κ3) is 3.23. The van der Waals surface area contributed by atoms with Crippen LogP contribution in [0.3, 0.4) is 0 Å². The first-order chi connectivity index (χ1) is 3.31. The molecular weight excluding hydrogens is 86.1 g/mol. The van der Waals surface area contributed by atoms with Crippen molar-refractivity contribution in [2.45, 2.75) is 13.8 Å². The van der Waals surface area contributed by atoms with Crippen molar-refractivity contribution in [3.05, 3.63) is 18.2 Å². The molecule has 0 saturated carbocycles. The summed E-state index contributed by atoms with van der Waals surface area (Å²) in [7, 11) is 1.91. The van der Waals surface area contributed by atoms with Crippen molar-refractivity contribution in [3.63, 3.8) is 0 Å². The fourth-order valence-corrected chi connectivity index (χ4v) is 0.333. The van der Waals surface area contributed by atoms with Gasteiger partial charge in [-0.05, 0) is 7.05 Å². The Morgan fingerprint density at radius 1 is 1.71 bits per heavy atom. The second-order valence-electron chi connectivity index (χ2n) is 1.43. The third-order valence-corrected chi connectivity index (χ3v) is 0.811. The summed E-state index contributed by atoms with van der Waals surface area (Å²) in [5.74, 6) is 0. The van der Waals surface area contributed by atoms with E-state index >= 15 is 0 Å². The smallest absolute Gasteiger partial charge is 0.0138 e. The Labute approximate surface area is 45.4 Å². The van der Waals surface area contributed by atoms with Crippen LogP contribution in [0.2, 0.25) is 0 Å². The van der Waals surface area contributed by atoms with E-state index in [2.05, 4.69) is 5.32 Å². The summed E-state index contributed by atoms with van der Waals surface area (Å²) in [6, 6.07) is 0. The zero-order chi connectivity index (χ0) is 5.70. The summed E-state index contributed by atoms with van der Waals surface area (Å²) < 4.78 is 0. The topological polar surface area (TPSA) is 12.0 Å². The van der Waals surface area contributed by atoms with E-state index in [9.17, 15) is 0 Å². The molecule has 0 heterocycles. The molecule has 0 aliphatic heterocycles. The molecule has 1 nitrogen and oxygen atoms in total. The maximum absolute atomic E-state index is 3.00. The van der Waals surface area contributed by atoms with Crippen molar-refractivity contribution < 1.29 is 0 Å². The standard InChI is InChI=1S/C6H12N/c1-4-5-6(2)7-3/h4-5,7H,1-3H3/q-1/b6-5-. The molecule has 0 amide bonds. The first kappa shape index (κ1) is 6.41. The SMILES string of the molecule is C[CH-]/C=C(/C)NC. The van der Waals surface area contributed by atoms with E-state index in [-0.39, 0.29) is 0 Å². The van der Waals surface area contributed by atoms with Gasteiger partial charge in [-0.2, -0.15) is 0 Å². The molecule has 0 radical (unpaired) electrons. The van der Waals surface area contributed by atoms with Crippen LogP contribution in [-0.2, 0) is 0 Å². The second kappa shape index (κ2) is 3.59. The first-order valence-electron chi connectivity index (χ1n) is 2.45. The highest BCUT2D eigenvalue weighted by molar-refractivity contribution is 5.00. The molecular formula is C6H12N-. The average Bonchev–Trinajstić information content (AvgIpc) is 1.68. The highest BCUT2D eigenvalue weighted by Gasteiger charge is 1.62. The summed E-state index contributed by atoms with van der Waals surface area (Å²) in [5.41, 5.74) is 1.20. The molecule has 0 rings (SSSR count). The highest BCUT2D eigenvalue weighted by Crippen LogP contribution is 1.84. The van der Waals surface area contributed by atoms with Crippen molar-refractivity contribution in [1.82, 2.24) is 5.32 Å². The van der Waals surface area contributed by atoms with Gasteiger partial charge in [0.05, 0.1) is 0 Å². The summed E-state index contributed by atoms with van der Waals surface area (Å²) in [6.45, 7) is 4.03. The van der Waals surface area contributed by atoms with E-state index in [0.29, 0.717) is 0 Å². The Kier molecular flexibility index (Phi) is 3.29. The minimum Gasteiger partial charge on any atom is -0.468 e. The summed E-state index contributed by atoms with van der Waals surface area (Å²) >= 11 is 0. The summed E-state index contributed by atoms with van der Waals surface area (Å²) in [6.07, 6.45) is 4.03. The van der Waals surface area contributed by atoms with Crippen molar-refractivity contribution in [1.29, 1.82) is 0 Å². The number of hydrogen-bond acceptors (Lipinski definition) is 1. The zero-order valence-electron chi connectivity index (χ0n) is 5.15. The van der Waals surface area contributed by atoms with Crippen LogP contribution in [0.1, 0.15) is 13.8 Å². The number of rotatable bonds is 2. The van der Waals surface area contributed by atoms with E-state index in [4.69, 9.17) is 0 Å². The fourth-order valence-electron chi connectivity index (χ4n) is 0.333. The van der Waals surface area contributed by atoms with Gasteiger partial charge in [0.15, 0.2) is 0 Å². The molecule has 0 aromatic heterocycles. The molecule has 1 heteroatoms. The van der Waals surface area contributed by atoms with Crippen molar-refractivity contribution >= 4 is 0 Å². The van der Waals surface area contributed by atoms with E-state index in [1.54, 1.807) is 0 Å². The molecule has 0 unspecified atom stereocenters. The molecule has 42 valence electrons. The highest BCUT2D eigenvalue weighted by atomic mass is 14.8. The van der Waals surface area contributed by atoms with Gasteiger partial charge in [-0.25, -0.2) is 12.5 Å². The Hall–Kier alpha value is -0.590. The molecule has 7 heavy (non-hydrogen) atoms. The predicted molar refractivity (Wildman–Crippen MR) is 32.8 cm³/mol. The van der Waals surface area contributed by atoms with Crippen LogP contribution in [0.15, 0.2) is 11.8 Å². The normalized spacial score (nSPS) is 11.0. The lowest BCUT2D eigenvalue weighted by Gasteiger charge is -2.04. The van der Waals surface area contributed by atoms with E-state index in [1.165, 1.54) is 5.70 Å². The molecule has 0 aliphatic carbocycles. The van der Waals surface area contributed by atoms with Crippen LogP contribution in [-0.4, -0.2) is 7.05 Å². The Morgan fingerprint density at radius 3 is 2.43 bits per heavy atom. The largest absolute Gasteiger partial charge is 0.468 e. The van der Waals surface area contributed by atoms with Crippen LogP contribution >= 0.6 is 0 Å². The minimum atomic E-state index is 1.20.